The summed E-state index contributed by atoms with van der Waals surface area (Å²) in [5.41, 5.74) is -1.34. The van der Waals surface area contributed by atoms with Crippen LogP contribution in [0.15, 0.2) is 29.6 Å². The molecule has 0 bridgehead atoms. The van der Waals surface area contributed by atoms with Gasteiger partial charge in [0.05, 0.1) is 31.3 Å². The number of allylic oxidation sites excluding steroid dienone is 1. The number of piperidine rings is 1. The first-order valence-electron chi connectivity index (χ1n) is 8.30. The van der Waals surface area contributed by atoms with Gasteiger partial charge in [0.1, 0.15) is 29.1 Å². The molecule has 1 amide bonds. The Hall–Kier alpha value is -2.99. The van der Waals surface area contributed by atoms with E-state index >= 15 is 0 Å². The third kappa shape index (κ3) is 3.75. The highest BCUT2D eigenvalue weighted by Crippen LogP contribution is 2.31. The summed E-state index contributed by atoms with van der Waals surface area (Å²) in [5, 5.41) is 14.0. The molecule has 9 heteroatoms. The van der Waals surface area contributed by atoms with Gasteiger partial charge in [-0.1, -0.05) is 0 Å². The van der Waals surface area contributed by atoms with Crippen LogP contribution in [-0.2, 0) is 9.59 Å². The minimum atomic E-state index is -1.69. The molecule has 0 saturated carbocycles. The third-order valence-corrected chi connectivity index (χ3v) is 4.65. The zero-order valence-electron chi connectivity index (χ0n) is 14.2. The fourth-order valence-corrected chi connectivity index (χ4v) is 3.10. The van der Waals surface area contributed by atoms with Gasteiger partial charge in [-0.2, -0.15) is 0 Å². The van der Waals surface area contributed by atoms with Gasteiger partial charge in [-0.25, -0.2) is 18.4 Å². The standard InChI is InChI=1S/C18H17F2N3O4/c19-14-5-12(23-8-18(20,9-23)10-26)2-3-13(14)17(27)22-15-4-1-11(6-24)21-16(15)7-25/h2-3,5,15,21,26H,1,4,8-10H2,(H,22,27)/t15-/m0/s1. The fraction of sp³-hybridized carbons (Fsp3) is 0.389. The van der Waals surface area contributed by atoms with Gasteiger partial charge in [-0.15, -0.1) is 0 Å². The number of hydrogen-bond acceptors (Lipinski definition) is 6. The van der Waals surface area contributed by atoms with Crippen LogP contribution in [0.1, 0.15) is 23.2 Å². The molecule has 27 heavy (non-hydrogen) atoms. The van der Waals surface area contributed by atoms with Crippen molar-refractivity contribution in [3.63, 3.8) is 0 Å². The smallest absolute Gasteiger partial charge is 0.254 e. The van der Waals surface area contributed by atoms with Gasteiger partial charge in [0.15, 0.2) is 5.67 Å². The number of carbonyl (C=O) groups excluding carboxylic acids is 3. The van der Waals surface area contributed by atoms with Gasteiger partial charge >= 0.3 is 0 Å². The maximum Gasteiger partial charge on any atom is 0.254 e. The van der Waals surface area contributed by atoms with E-state index in [1.54, 1.807) is 16.8 Å². The summed E-state index contributed by atoms with van der Waals surface area (Å²) in [4.78, 5) is 35.5. The topological polar surface area (TPSA) is 98.7 Å². The number of rotatable bonds is 4. The van der Waals surface area contributed by atoms with Crippen molar-refractivity contribution in [1.29, 1.82) is 0 Å². The van der Waals surface area contributed by atoms with E-state index in [0.717, 1.165) is 6.07 Å². The van der Waals surface area contributed by atoms with Crippen molar-refractivity contribution in [2.75, 3.05) is 24.6 Å². The van der Waals surface area contributed by atoms with Gasteiger partial charge in [0.2, 0.25) is 0 Å². The molecule has 142 valence electrons. The van der Waals surface area contributed by atoms with E-state index in [1.807, 2.05) is 0 Å². The average Bonchev–Trinajstić information content (AvgIpc) is 2.65. The summed E-state index contributed by atoms with van der Waals surface area (Å²) < 4.78 is 28.1. The number of alkyl halides is 1. The Morgan fingerprint density at radius 2 is 2.11 bits per heavy atom. The van der Waals surface area contributed by atoms with E-state index in [2.05, 4.69) is 10.6 Å². The summed E-state index contributed by atoms with van der Waals surface area (Å²) >= 11 is 0. The second-order valence-electron chi connectivity index (χ2n) is 6.62. The number of benzene rings is 1. The molecule has 3 rings (SSSR count). The van der Waals surface area contributed by atoms with E-state index in [1.165, 1.54) is 12.1 Å². The van der Waals surface area contributed by atoms with Crippen molar-refractivity contribution in [2.45, 2.75) is 24.6 Å². The van der Waals surface area contributed by atoms with Crippen LogP contribution >= 0.6 is 0 Å². The van der Waals surface area contributed by atoms with Gasteiger partial charge in [0, 0.05) is 12.1 Å². The molecule has 2 aliphatic heterocycles. The lowest BCUT2D eigenvalue weighted by Crippen LogP contribution is -2.61. The van der Waals surface area contributed by atoms with Crippen LogP contribution in [0.4, 0.5) is 14.5 Å². The van der Waals surface area contributed by atoms with E-state index in [0.29, 0.717) is 5.69 Å². The molecule has 0 aliphatic carbocycles. The van der Waals surface area contributed by atoms with Crippen LogP contribution in [0, 0.1) is 5.82 Å². The second kappa shape index (κ2) is 7.32. The van der Waals surface area contributed by atoms with Crippen molar-refractivity contribution >= 4 is 23.5 Å². The van der Waals surface area contributed by atoms with Crippen molar-refractivity contribution in [1.82, 2.24) is 10.6 Å². The normalized spacial score (nSPS) is 20.9. The van der Waals surface area contributed by atoms with Crippen molar-refractivity contribution < 1.29 is 28.3 Å². The molecular weight excluding hydrogens is 360 g/mol. The second-order valence-corrected chi connectivity index (χ2v) is 6.62. The van der Waals surface area contributed by atoms with Crippen LogP contribution in [0.5, 0.6) is 0 Å². The van der Waals surface area contributed by atoms with Gasteiger partial charge < -0.3 is 20.6 Å². The minimum Gasteiger partial charge on any atom is -0.393 e. The number of halogens is 2. The number of anilines is 1. The molecule has 1 aromatic rings. The van der Waals surface area contributed by atoms with E-state index in [4.69, 9.17) is 5.11 Å². The first-order valence-corrected chi connectivity index (χ1v) is 8.30. The summed E-state index contributed by atoms with van der Waals surface area (Å²) in [6.45, 7) is -0.708. The van der Waals surface area contributed by atoms with Crippen molar-refractivity contribution in [3.05, 3.63) is 41.0 Å². The van der Waals surface area contributed by atoms with Crippen LogP contribution in [0.3, 0.4) is 0 Å². The monoisotopic (exact) mass is 377 g/mol. The van der Waals surface area contributed by atoms with Crippen LogP contribution in [0.25, 0.3) is 0 Å². The number of aliphatic hydroxyl groups excluding tert-OH is 1. The molecule has 7 nitrogen and oxygen atoms in total. The maximum atomic E-state index is 14.4. The maximum absolute atomic E-state index is 14.4. The molecule has 0 radical (unpaired) electrons. The van der Waals surface area contributed by atoms with Crippen molar-refractivity contribution in [2.24, 2.45) is 0 Å². The molecule has 2 aliphatic rings. The summed E-state index contributed by atoms with van der Waals surface area (Å²) in [7, 11) is 0. The first kappa shape index (κ1) is 18.8. The number of aliphatic hydroxyl groups is 1. The lowest BCUT2D eigenvalue weighted by molar-refractivity contribution is 0.0444. The zero-order valence-corrected chi connectivity index (χ0v) is 14.2. The summed E-state index contributed by atoms with van der Waals surface area (Å²) in [6.07, 6.45) is 0.562. The first-order chi connectivity index (χ1) is 12.9. The zero-order chi connectivity index (χ0) is 19.6. The Morgan fingerprint density at radius 3 is 2.70 bits per heavy atom. The third-order valence-electron chi connectivity index (χ3n) is 4.65. The molecule has 1 aromatic carbocycles. The number of amides is 1. The Bertz CT molecular complexity index is 869. The fourth-order valence-electron chi connectivity index (χ4n) is 3.10. The number of hydrogen-bond donors (Lipinski definition) is 3. The molecule has 2 saturated heterocycles. The molecule has 1 atom stereocenters. The molecule has 2 fully saturated rings. The highest BCUT2D eigenvalue weighted by molar-refractivity contribution is 5.95. The van der Waals surface area contributed by atoms with Crippen LogP contribution in [0.2, 0.25) is 0 Å². The molecule has 3 N–H and O–H groups in total. The highest BCUT2D eigenvalue weighted by atomic mass is 19.1. The highest BCUT2D eigenvalue weighted by Gasteiger charge is 2.43. The minimum absolute atomic E-state index is 0.0196. The van der Waals surface area contributed by atoms with Gasteiger partial charge in [-0.05, 0) is 24.6 Å². The molecular formula is C18H17F2N3O4. The Balaban J connectivity index is 1.69. The number of nitrogens with zero attached hydrogens (tertiary/aromatic N) is 1. The molecule has 0 unspecified atom stereocenters. The molecule has 2 heterocycles. The van der Waals surface area contributed by atoms with E-state index < -0.39 is 30.0 Å². The van der Waals surface area contributed by atoms with E-state index in [-0.39, 0.29) is 42.9 Å². The predicted molar refractivity (Wildman–Crippen MR) is 91.6 cm³/mol. The molecule has 0 aromatic heterocycles. The summed E-state index contributed by atoms with van der Waals surface area (Å²) in [5.74, 6) is 1.77. The Labute approximate surface area is 153 Å². The number of nitrogens with one attached hydrogen (secondary N) is 2. The van der Waals surface area contributed by atoms with Gasteiger partial charge in [0.25, 0.3) is 5.91 Å². The van der Waals surface area contributed by atoms with Crippen LogP contribution < -0.4 is 15.5 Å². The van der Waals surface area contributed by atoms with E-state index in [9.17, 15) is 23.2 Å². The Morgan fingerprint density at radius 1 is 1.37 bits per heavy atom. The van der Waals surface area contributed by atoms with Crippen molar-refractivity contribution in [3.8, 4) is 0 Å². The Kier molecular flexibility index (Phi) is 5.10. The SMILES string of the molecule is O=C=C1CC[C@H](NC(=O)c2ccc(N3CC(F)(CO)C3)cc2F)C(=C=O)N1. The number of carbonyl (C=O) groups is 1. The largest absolute Gasteiger partial charge is 0.393 e. The van der Waals surface area contributed by atoms with Crippen LogP contribution in [-0.4, -0.2) is 54.3 Å². The average molecular weight is 377 g/mol. The lowest BCUT2D eigenvalue weighted by Gasteiger charge is -2.44. The lowest BCUT2D eigenvalue weighted by atomic mass is 9.96. The predicted octanol–water partition coefficient (Wildman–Crippen LogP) is 0.259. The quantitative estimate of drug-likeness (QED) is 0.651. The summed E-state index contributed by atoms with van der Waals surface area (Å²) in [6, 6.07) is 3.15. The van der Waals surface area contributed by atoms with Gasteiger partial charge in [-0.3, -0.25) is 4.79 Å². The molecule has 0 spiro atoms.